The van der Waals surface area contributed by atoms with Crippen molar-refractivity contribution in [1.29, 1.82) is 0 Å². The summed E-state index contributed by atoms with van der Waals surface area (Å²) in [5, 5.41) is 19.2. The van der Waals surface area contributed by atoms with E-state index in [1.54, 1.807) is 7.11 Å². The number of benzene rings is 3. The Bertz CT molecular complexity index is 1630. The van der Waals surface area contributed by atoms with Crippen LogP contribution in [0.3, 0.4) is 0 Å². The minimum absolute atomic E-state index is 0.0175. The van der Waals surface area contributed by atoms with Gasteiger partial charge in [0.2, 0.25) is 0 Å². The fourth-order valence-corrected chi connectivity index (χ4v) is 12.0. The zero-order chi connectivity index (χ0) is 31.1. The van der Waals surface area contributed by atoms with Crippen molar-refractivity contribution in [3.05, 3.63) is 99.4 Å². The van der Waals surface area contributed by atoms with Crippen molar-refractivity contribution in [2.45, 2.75) is 63.2 Å². The molecular formula is C34H39IN4O4Si. The summed E-state index contributed by atoms with van der Waals surface area (Å²) in [5.41, 5.74) is 2.80. The normalized spacial score (nSPS) is 23.0. The summed E-state index contributed by atoms with van der Waals surface area (Å²) >= 11 is 2.34. The number of aliphatic hydroxyl groups excluding tert-OH is 1. The van der Waals surface area contributed by atoms with Crippen LogP contribution in [0.2, 0.25) is 18.6 Å². The number of amides is 1. The van der Waals surface area contributed by atoms with Crippen LogP contribution in [0.4, 0.5) is 5.69 Å². The summed E-state index contributed by atoms with van der Waals surface area (Å²) in [6, 6.07) is 24.9. The molecule has 1 saturated heterocycles. The molecule has 2 aliphatic heterocycles. The summed E-state index contributed by atoms with van der Waals surface area (Å²) in [6.45, 7) is 8.16. The van der Waals surface area contributed by atoms with Gasteiger partial charge in [0.25, 0.3) is 5.91 Å². The second kappa shape index (κ2) is 12.4. The van der Waals surface area contributed by atoms with E-state index in [-0.39, 0.29) is 30.1 Å². The zero-order valence-corrected chi connectivity index (χ0v) is 28.8. The Balaban J connectivity index is 1.42. The molecule has 0 radical (unpaired) electrons. The zero-order valence-electron chi connectivity index (χ0n) is 25.6. The lowest BCUT2D eigenvalue weighted by atomic mass is 9.82. The molecule has 1 aromatic heterocycles. The molecule has 0 bridgehead atoms. The van der Waals surface area contributed by atoms with Crippen molar-refractivity contribution in [2.24, 2.45) is 5.92 Å². The first-order chi connectivity index (χ1) is 21.2. The largest absolute Gasteiger partial charge is 0.497 e. The van der Waals surface area contributed by atoms with Crippen LogP contribution in [0.15, 0.2) is 79.0 Å². The Hall–Kier alpha value is -3.06. The van der Waals surface area contributed by atoms with Gasteiger partial charge in [0.15, 0.2) is 5.60 Å². The first-order valence-corrected chi connectivity index (χ1v) is 19.3. The molecule has 4 aromatic rings. The van der Waals surface area contributed by atoms with Crippen LogP contribution in [0.25, 0.3) is 0 Å². The van der Waals surface area contributed by atoms with E-state index in [1.165, 1.54) is 5.19 Å². The van der Waals surface area contributed by atoms with Crippen LogP contribution in [0, 0.1) is 9.49 Å². The number of halogens is 1. The standard InChI is InChI=1S/C34H39IN4O4Si/c1-23-32(44(3,4)28-13-11-27(42-2)12-14-28)31(16-18-38-22-26(17-19-40)36-37-38)43-34(23)29-20-25(35)10-15-30(29)39(33(34)41)21-24-8-6-5-7-9-24/h5-15,20,22-23,31-32,40H,16-19,21H2,1-4H3/t23-,31+,32-,34+/m1/s1. The quantitative estimate of drug-likeness (QED) is 0.177. The van der Waals surface area contributed by atoms with Gasteiger partial charge in [-0.25, -0.2) is 0 Å². The highest BCUT2D eigenvalue weighted by Gasteiger charge is 2.66. The van der Waals surface area contributed by atoms with Crippen molar-refractivity contribution in [2.75, 3.05) is 18.6 Å². The number of hydrogen-bond acceptors (Lipinski definition) is 6. The molecule has 1 N–H and O–H groups in total. The van der Waals surface area contributed by atoms with E-state index in [1.807, 2.05) is 46.1 Å². The molecule has 1 spiro atoms. The number of aliphatic hydroxyl groups is 1. The Morgan fingerprint density at radius 3 is 2.55 bits per heavy atom. The number of nitrogens with zero attached hydrogens (tertiary/aromatic N) is 4. The van der Waals surface area contributed by atoms with Crippen molar-refractivity contribution >= 4 is 47.4 Å². The Morgan fingerprint density at radius 2 is 1.84 bits per heavy atom. The van der Waals surface area contributed by atoms with Gasteiger partial charge in [0.1, 0.15) is 5.75 Å². The maximum absolute atomic E-state index is 14.8. The molecule has 0 unspecified atom stereocenters. The number of carbonyl (C=O) groups excluding carboxylic acids is 1. The highest BCUT2D eigenvalue weighted by Crippen LogP contribution is 2.60. The third kappa shape index (κ3) is 5.39. The Labute approximate surface area is 273 Å². The van der Waals surface area contributed by atoms with E-state index >= 15 is 0 Å². The smallest absolute Gasteiger partial charge is 0.264 e. The van der Waals surface area contributed by atoms with Crippen LogP contribution in [-0.2, 0) is 34.6 Å². The highest BCUT2D eigenvalue weighted by atomic mass is 127. The third-order valence-electron chi connectivity index (χ3n) is 9.58. The predicted molar refractivity (Wildman–Crippen MR) is 182 cm³/mol. The molecule has 10 heteroatoms. The van der Waals surface area contributed by atoms with Crippen molar-refractivity contribution in [3.63, 3.8) is 0 Å². The summed E-state index contributed by atoms with van der Waals surface area (Å²) in [7, 11) is -0.553. The van der Waals surface area contributed by atoms with Gasteiger partial charge in [-0.1, -0.05) is 72.9 Å². The molecule has 0 saturated carbocycles. The molecule has 230 valence electrons. The van der Waals surface area contributed by atoms with Crippen LogP contribution < -0.4 is 14.8 Å². The summed E-state index contributed by atoms with van der Waals surface area (Å²) in [6.07, 6.45) is 2.88. The summed E-state index contributed by atoms with van der Waals surface area (Å²) < 4.78 is 15.6. The monoisotopic (exact) mass is 722 g/mol. The minimum atomic E-state index is -2.24. The van der Waals surface area contributed by atoms with Gasteiger partial charge in [0, 0.05) is 40.8 Å². The fraction of sp³-hybridized carbons (Fsp3) is 0.382. The third-order valence-corrected chi connectivity index (χ3v) is 14.6. The van der Waals surface area contributed by atoms with Gasteiger partial charge in [-0.2, -0.15) is 0 Å². The van der Waals surface area contributed by atoms with Gasteiger partial charge >= 0.3 is 0 Å². The average molecular weight is 723 g/mol. The van der Waals surface area contributed by atoms with Gasteiger partial charge < -0.3 is 19.5 Å². The number of anilines is 1. The Morgan fingerprint density at radius 1 is 1.09 bits per heavy atom. The second-order valence-electron chi connectivity index (χ2n) is 12.4. The second-order valence-corrected chi connectivity index (χ2v) is 18.4. The number of aromatic nitrogens is 3. The molecule has 2 aliphatic rings. The van der Waals surface area contributed by atoms with Crippen molar-refractivity contribution in [1.82, 2.24) is 15.0 Å². The molecule has 1 amide bonds. The van der Waals surface area contributed by atoms with Gasteiger partial charge in [-0.15, -0.1) is 5.10 Å². The number of rotatable bonds is 10. The number of ether oxygens (including phenoxy) is 2. The molecule has 0 aliphatic carbocycles. The lowest BCUT2D eigenvalue weighted by Gasteiger charge is -2.37. The minimum Gasteiger partial charge on any atom is -0.497 e. The topological polar surface area (TPSA) is 89.7 Å². The lowest BCUT2D eigenvalue weighted by Crippen LogP contribution is -2.51. The van der Waals surface area contributed by atoms with E-state index < -0.39 is 13.7 Å². The van der Waals surface area contributed by atoms with E-state index in [9.17, 15) is 9.90 Å². The number of fused-ring (bicyclic) bond motifs is 2. The Kier molecular flexibility index (Phi) is 8.71. The summed E-state index contributed by atoms with van der Waals surface area (Å²) in [4.78, 5) is 16.8. The van der Waals surface area contributed by atoms with Gasteiger partial charge in [0.05, 0.1) is 39.2 Å². The number of aryl methyl sites for hydroxylation is 1. The van der Waals surface area contributed by atoms with Crippen LogP contribution >= 0.6 is 22.6 Å². The number of methoxy groups -OCH3 is 1. The molecular weight excluding hydrogens is 683 g/mol. The van der Waals surface area contributed by atoms with E-state index in [0.717, 1.165) is 31.8 Å². The van der Waals surface area contributed by atoms with Gasteiger partial charge in [-0.3, -0.25) is 9.48 Å². The van der Waals surface area contributed by atoms with E-state index in [2.05, 4.69) is 95.4 Å². The molecule has 4 atom stereocenters. The number of carbonyl (C=O) groups is 1. The van der Waals surface area contributed by atoms with Crippen LogP contribution in [-0.4, -0.2) is 53.9 Å². The predicted octanol–water partition coefficient (Wildman–Crippen LogP) is 5.28. The molecule has 3 aromatic carbocycles. The van der Waals surface area contributed by atoms with E-state index in [4.69, 9.17) is 9.47 Å². The van der Waals surface area contributed by atoms with Crippen molar-refractivity contribution < 1.29 is 19.4 Å². The SMILES string of the molecule is COc1ccc([Si](C)(C)[C@H]2[C@H](CCn3cc(CCO)nn3)O[C@@]3(C(=O)N(Cc4ccccc4)c4ccc(I)cc43)[C@@H]2C)cc1. The maximum Gasteiger partial charge on any atom is 0.264 e. The van der Waals surface area contributed by atoms with Crippen LogP contribution in [0.1, 0.15) is 30.2 Å². The van der Waals surface area contributed by atoms with Crippen LogP contribution in [0.5, 0.6) is 5.75 Å². The van der Waals surface area contributed by atoms with Crippen molar-refractivity contribution in [3.8, 4) is 5.75 Å². The maximum atomic E-state index is 14.8. The number of hydrogen-bond donors (Lipinski definition) is 1. The molecule has 8 nitrogen and oxygen atoms in total. The molecule has 44 heavy (non-hydrogen) atoms. The van der Waals surface area contributed by atoms with E-state index in [0.29, 0.717) is 25.9 Å². The molecule has 1 fully saturated rings. The van der Waals surface area contributed by atoms with Gasteiger partial charge in [-0.05, 0) is 70.4 Å². The fourth-order valence-electron chi connectivity index (χ4n) is 7.42. The lowest BCUT2D eigenvalue weighted by molar-refractivity contribution is -0.146. The molecule has 3 heterocycles. The molecule has 6 rings (SSSR count). The first-order valence-electron chi connectivity index (χ1n) is 15.2. The summed E-state index contributed by atoms with van der Waals surface area (Å²) in [5.74, 6) is 0.782. The first kappa shape index (κ1) is 30.9. The average Bonchev–Trinajstić information content (AvgIpc) is 3.67. The highest BCUT2D eigenvalue weighted by molar-refractivity contribution is 14.1.